The number of carbonyl (C=O) groups excluding carboxylic acids is 2. The van der Waals surface area contributed by atoms with Gasteiger partial charge in [0.05, 0.1) is 10.5 Å². The third kappa shape index (κ3) is 5.53. The van der Waals surface area contributed by atoms with Crippen LogP contribution in [0.4, 0.5) is 0 Å². The lowest BCUT2D eigenvalue weighted by Gasteiger charge is -2.36. The van der Waals surface area contributed by atoms with Crippen molar-refractivity contribution >= 4 is 33.4 Å². The van der Waals surface area contributed by atoms with Crippen molar-refractivity contribution in [3.8, 4) is 6.07 Å². The lowest BCUT2D eigenvalue weighted by Crippen LogP contribution is -2.57. The molecule has 1 atom stereocenters. The average Bonchev–Trinajstić information content (AvgIpc) is 2.82. The summed E-state index contributed by atoms with van der Waals surface area (Å²) in [6.07, 6.45) is 0. The van der Waals surface area contributed by atoms with Crippen LogP contribution in [0.3, 0.4) is 0 Å². The minimum Gasteiger partial charge on any atom is -0.340 e. The van der Waals surface area contributed by atoms with E-state index < -0.39 is 16.1 Å². The minimum absolute atomic E-state index is 0.0393. The molecule has 1 fully saturated rings. The molecule has 2 amide bonds. The van der Waals surface area contributed by atoms with Crippen LogP contribution in [-0.4, -0.2) is 61.7 Å². The molecule has 1 aliphatic rings. The fraction of sp³-hybridized carbons (Fsp3) is 0.348. The first-order valence-electron chi connectivity index (χ1n) is 10.5. The first-order valence-corrected chi connectivity index (χ1v) is 12.3. The highest BCUT2D eigenvalue weighted by Gasteiger charge is 2.35. The van der Waals surface area contributed by atoms with Gasteiger partial charge in [0.2, 0.25) is 15.9 Å². The van der Waals surface area contributed by atoms with Gasteiger partial charge >= 0.3 is 0 Å². The summed E-state index contributed by atoms with van der Waals surface area (Å²) in [4.78, 5) is 27.3. The third-order valence-electron chi connectivity index (χ3n) is 5.50. The van der Waals surface area contributed by atoms with Crippen LogP contribution in [0.2, 0.25) is 5.02 Å². The highest BCUT2D eigenvalue weighted by Crippen LogP contribution is 2.21. The van der Waals surface area contributed by atoms with Crippen LogP contribution in [0.1, 0.15) is 29.8 Å². The quantitative estimate of drug-likeness (QED) is 0.671. The van der Waals surface area contributed by atoms with Crippen molar-refractivity contribution in [2.45, 2.75) is 24.8 Å². The highest BCUT2D eigenvalue weighted by molar-refractivity contribution is 7.89. The van der Waals surface area contributed by atoms with Gasteiger partial charge in [-0.05, 0) is 42.3 Å². The number of halogens is 1. The highest BCUT2D eigenvalue weighted by atomic mass is 35.5. The number of sulfonamides is 1. The zero-order chi connectivity index (χ0) is 24.2. The second-order valence-corrected chi connectivity index (χ2v) is 10.4. The molecule has 10 heteroatoms. The maximum Gasteiger partial charge on any atom is 0.251 e. The summed E-state index contributed by atoms with van der Waals surface area (Å²) in [6, 6.07) is 13.6. The molecule has 1 aliphatic heterocycles. The molecule has 0 aliphatic carbocycles. The Morgan fingerprint density at radius 2 is 1.64 bits per heavy atom. The number of amides is 2. The second kappa shape index (κ2) is 10.3. The van der Waals surface area contributed by atoms with Crippen LogP contribution >= 0.6 is 11.6 Å². The largest absolute Gasteiger partial charge is 0.340 e. The molecular weight excluding hydrogens is 464 g/mol. The number of rotatable bonds is 6. The normalized spacial score (nSPS) is 15.7. The zero-order valence-corrected chi connectivity index (χ0v) is 19.9. The molecule has 1 saturated heterocycles. The van der Waals surface area contributed by atoms with Gasteiger partial charge in [0.1, 0.15) is 12.1 Å². The van der Waals surface area contributed by atoms with E-state index in [9.17, 15) is 23.3 Å². The Bertz CT molecular complexity index is 1170. The van der Waals surface area contributed by atoms with E-state index in [1.165, 1.54) is 16.4 Å². The molecule has 0 saturated carbocycles. The molecule has 3 rings (SSSR count). The van der Waals surface area contributed by atoms with Gasteiger partial charge in [-0.1, -0.05) is 37.6 Å². The molecule has 8 nitrogen and oxygen atoms in total. The van der Waals surface area contributed by atoms with Crippen molar-refractivity contribution in [2.75, 3.05) is 26.2 Å². The number of benzene rings is 2. The van der Waals surface area contributed by atoms with Crippen molar-refractivity contribution in [1.82, 2.24) is 14.5 Å². The Kier molecular flexibility index (Phi) is 7.74. The van der Waals surface area contributed by atoms with E-state index in [1.807, 2.05) is 19.9 Å². The monoisotopic (exact) mass is 488 g/mol. The van der Waals surface area contributed by atoms with Gasteiger partial charge < -0.3 is 10.2 Å². The Morgan fingerprint density at radius 1 is 1.03 bits per heavy atom. The standard InChI is InChI=1S/C23H25ClN4O4S/c1-16(2)21(26-22(29)17-7-9-19(24)10-8-17)23(30)27-11-13-28(14-12-27)33(31,32)20-6-4-3-5-18(20)15-25/h3-10,16,21H,11-14H2,1-2H3,(H,26,29)/t21-/m0/s1. The molecule has 2 aromatic rings. The average molecular weight is 489 g/mol. The summed E-state index contributed by atoms with van der Waals surface area (Å²) in [7, 11) is -3.86. The predicted molar refractivity (Wildman–Crippen MR) is 124 cm³/mol. The molecule has 1 heterocycles. The number of nitrogens with one attached hydrogen (secondary N) is 1. The molecule has 174 valence electrons. The summed E-state index contributed by atoms with van der Waals surface area (Å²) < 4.78 is 27.3. The van der Waals surface area contributed by atoms with E-state index in [1.54, 1.807) is 41.3 Å². The smallest absolute Gasteiger partial charge is 0.251 e. The van der Waals surface area contributed by atoms with E-state index in [0.717, 1.165) is 0 Å². The SMILES string of the molecule is CC(C)[C@H](NC(=O)c1ccc(Cl)cc1)C(=O)N1CCN(S(=O)(=O)c2ccccc2C#N)CC1. The Morgan fingerprint density at radius 3 is 2.21 bits per heavy atom. The fourth-order valence-electron chi connectivity index (χ4n) is 3.61. The number of piperazine rings is 1. The van der Waals surface area contributed by atoms with Crippen molar-refractivity contribution < 1.29 is 18.0 Å². The van der Waals surface area contributed by atoms with Crippen LogP contribution in [-0.2, 0) is 14.8 Å². The van der Waals surface area contributed by atoms with Gasteiger partial charge in [-0.15, -0.1) is 0 Å². The number of carbonyl (C=O) groups is 2. The molecule has 0 radical (unpaired) electrons. The maximum atomic E-state index is 13.2. The fourth-order valence-corrected chi connectivity index (χ4v) is 5.30. The predicted octanol–water partition coefficient (Wildman–Crippen LogP) is 2.50. The molecule has 33 heavy (non-hydrogen) atoms. The number of nitrogens with zero attached hydrogens (tertiary/aromatic N) is 3. The summed E-state index contributed by atoms with van der Waals surface area (Å²) in [6.45, 7) is 4.25. The van der Waals surface area contributed by atoms with Crippen LogP contribution in [0.15, 0.2) is 53.4 Å². The number of hydrogen-bond acceptors (Lipinski definition) is 5. The Labute approximate surface area is 198 Å². The first-order chi connectivity index (χ1) is 15.6. The molecular formula is C23H25ClN4O4S. The van der Waals surface area contributed by atoms with Gasteiger partial charge in [-0.3, -0.25) is 9.59 Å². The van der Waals surface area contributed by atoms with E-state index in [-0.39, 0.29) is 54.4 Å². The van der Waals surface area contributed by atoms with Gasteiger partial charge in [0.15, 0.2) is 0 Å². The van der Waals surface area contributed by atoms with Gasteiger partial charge in [0, 0.05) is 36.8 Å². The summed E-state index contributed by atoms with van der Waals surface area (Å²) in [5.74, 6) is -0.812. The molecule has 2 aromatic carbocycles. The summed E-state index contributed by atoms with van der Waals surface area (Å²) in [5, 5.41) is 12.5. The maximum absolute atomic E-state index is 13.2. The van der Waals surface area contributed by atoms with Crippen LogP contribution in [0, 0.1) is 17.2 Å². The second-order valence-electron chi connectivity index (χ2n) is 8.04. The van der Waals surface area contributed by atoms with Crippen molar-refractivity contribution in [3.05, 3.63) is 64.7 Å². The Hall–Kier alpha value is -2.93. The van der Waals surface area contributed by atoms with Gasteiger partial charge in [0.25, 0.3) is 5.91 Å². The minimum atomic E-state index is -3.86. The van der Waals surface area contributed by atoms with Crippen LogP contribution in [0.5, 0.6) is 0 Å². The number of nitriles is 1. The van der Waals surface area contributed by atoms with Crippen molar-refractivity contribution in [1.29, 1.82) is 5.26 Å². The lowest BCUT2D eigenvalue weighted by atomic mass is 10.0. The van der Waals surface area contributed by atoms with Crippen molar-refractivity contribution in [3.63, 3.8) is 0 Å². The van der Waals surface area contributed by atoms with Crippen molar-refractivity contribution in [2.24, 2.45) is 5.92 Å². The van der Waals surface area contributed by atoms with Crippen LogP contribution in [0.25, 0.3) is 0 Å². The van der Waals surface area contributed by atoms with E-state index >= 15 is 0 Å². The first kappa shape index (κ1) is 24.7. The zero-order valence-electron chi connectivity index (χ0n) is 18.4. The molecule has 1 N–H and O–H groups in total. The summed E-state index contributed by atoms with van der Waals surface area (Å²) in [5.41, 5.74) is 0.478. The Balaban J connectivity index is 1.68. The molecule has 0 unspecified atom stereocenters. The summed E-state index contributed by atoms with van der Waals surface area (Å²) >= 11 is 5.87. The molecule has 0 spiro atoms. The number of hydrogen-bond donors (Lipinski definition) is 1. The van der Waals surface area contributed by atoms with E-state index in [4.69, 9.17) is 11.6 Å². The van der Waals surface area contributed by atoms with E-state index in [0.29, 0.717) is 10.6 Å². The van der Waals surface area contributed by atoms with Crippen LogP contribution < -0.4 is 5.32 Å². The third-order valence-corrected chi connectivity index (χ3v) is 7.71. The van der Waals surface area contributed by atoms with E-state index in [2.05, 4.69) is 5.32 Å². The molecule has 0 aromatic heterocycles. The van der Waals surface area contributed by atoms with Gasteiger partial charge in [-0.2, -0.15) is 9.57 Å². The molecule has 0 bridgehead atoms. The topological polar surface area (TPSA) is 111 Å². The lowest BCUT2D eigenvalue weighted by molar-refractivity contribution is -0.135. The van der Waals surface area contributed by atoms with Gasteiger partial charge in [-0.25, -0.2) is 8.42 Å².